The van der Waals surface area contributed by atoms with E-state index in [1.165, 1.54) is 32.1 Å². The van der Waals surface area contributed by atoms with Crippen molar-refractivity contribution in [2.45, 2.75) is 59.3 Å². The Morgan fingerprint density at radius 1 is 1.20 bits per heavy atom. The van der Waals surface area contributed by atoms with Crippen LogP contribution in [0.15, 0.2) is 0 Å². The minimum atomic E-state index is -0.00294. The lowest BCUT2D eigenvalue weighted by Crippen LogP contribution is -2.20. The van der Waals surface area contributed by atoms with Crippen LogP contribution in [0, 0.1) is 11.3 Å². The number of carbonyl (C=O) groups excluding carboxylic acids is 1. The van der Waals surface area contributed by atoms with Gasteiger partial charge in [0.15, 0.2) is 0 Å². The third-order valence-electron chi connectivity index (χ3n) is 2.85. The van der Waals surface area contributed by atoms with E-state index >= 15 is 0 Å². The average molecular weight is 212 g/mol. The third kappa shape index (κ3) is 5.81. The molecule has 0 unspecified atom stereocenters. The van der Waals surface area contributed by atoms with Gasteiger partial charge in [-0.3, -0.25) is 4.79 Å². The zero-order chi connectivity index (χ0) is 11.3. The molecule has 0 N–H and O–H groups in total. The molecule has 0 bridgehead atoms. The van der Waals surface area contributed by atoms with Gasteiger partial charge in [-0.05, 0) is 24.2 Å². The second kappa shape index (κ2) is 5.53. The highest BCUT2D eigenvalue weighted by Crippen LogP contribution is 2.26. The van der Waals surface area contributed by atoms with E-state index in [2.05, 4.69) is 20.8 Å². The lowest BCUT2D eigenvalue weighted by Gasteiger charge is -2.22. The molecule has 2 nitrogen and oxygen atoms in total. The van der Waals surface area contributed by atoms with E-state index in [1.807, 2.05) is 0 Å². The number of rotatable bonds is 3. The molecule has 0 spiro atoms. The summed E-state index contributed by atoms with van der Waals surface area (Å²) < 4.78 is 5.27. The average Bonchev–Trinajstić information content (AvgIpc) is 2.15. The van der Waals surface area contributed by atoms with Crippen LogP contribution in [0.25, 0.3) is 0 Å². The van der Waals surface area contributed by atoms with Crippen LogP contribution in [-0.2, 0) is 9.53 Å². The first-order valence-corrected chi connectivity index (χ1v) is 6.13. The zero-order valence-corrected chi connectivity index (χ0v) is 10.3. The van der Waals surface area contributed by atoms with Crippen molar-refractivity contribution in [1.82, 2.24) is 0 Å². The largest absolute Gasteiger partial charge is 0.465 e. The van der Waals surface area contributed by atoms with Crippen molar-refractivity contribution in [3.05, 3.63) is 0 Å². The number of ether oxygens (including phenoxy) is 1. The molecule has 0 atom stereocenters. The molecular formula is C13H24O2. The van der Waals surface area contributed by atoms with Crippen LogP contribution in [0.3, 0.4) is 0 Å². The Labute approximate surface area is 93.4 Å². The molecule has 0 aromatic heterocycles. The summed E-state index contributed by atoms with van der Waals surface area (Å²) in [6.45, 7) is 6.79. The molecule has 0 heterocycles. The van der Waals surface area contributed by atoms with E-state index in [-0.39, 0.29) is 11.4 Å². The van der Waals surface area contributed by atoms with Gasteiger partial charge in [0.2, 0.25) is 0 Å². The van der Waals surface area contributed by atoms with Crippen LogP contribution in [0.2, 0.25) is 0 Å². The highest BCUT2D eigenvalue weighted by molar-refractivity contribution is 5.69. The molecule has 1 aliphatic carbocycles. The zero-order valence-electron chi connectivity index (χ0n) is 10.3. The predicted molar refractivity (Wildman–Crippen MR) is 61.6 cm³/mol. The van der Waals surface area contributed by atoms with Gasteiger partial charge in [0, 0.05) is 6.42 Å². The van der Waals surface area contributed by atoms with Gasteiger partial charge in [0.1, 0.15) is 0 Å². The highest BCUT2D eigenvalue weighted by atomic mass is 16.5. The molecular weight excluding hydrogens is 188 g/mol. The van der Waals surface area contributed by atoms with Crippen LogP contribution >= 0.6 is 0 Å². The summed E-state index contributed by atoms with van der Waals surface area (Å²) in [5.74, 6) is 0.586. The summed E-state index contributed by atoms with van der Waals surface area (Å²) in [5, 5.41) is 0. The fourth-order valence-corrected chi connectivity index (χ4v) is 1.98. The smallest absolute Gasteiger partial charge is 0.306 e. The van der Waals surface area contributed by atoms with Crippen LogP contribution < -0.4 is 0 Å². The van der Waals surface area contributed by atoms with Crippen molar-refractivity contribution >= 4 is 5.97 Å². The summed E-state index contributed by atoms with van der Waals surface area (Å²) in [4.78, 5) is 11.5. The van der Waals surface area contributed by atoms with E-state index in [4.69, 9.17) is 4.74 Å². The molecule has 0 saturated heterocycles. The highest BCUT2D eigenvalue weighted by Gasteiger charge is 2.19. The van der Waals surface area contributed by atoms with Crippen LogP contribution in [-0.4, -0.2) is 12.6 Å². The first-order valence-electron chi connectivity index (χ1n) is 6.13. The molecule has 15 heavy (non-hydrogen) atoms. The van der Waals surface area contributed by atoms with E-state index < -0.39 is 0 Å². The maximum absolute atomic E-state index is 11.5. The van der Waals surface area contributed by atoms with Gasteiger partial charge in [-0.25, -0.2) is 0 Å². The summed E-state index contributed by atoms with van der Waals surface area (Å²) >= 11 is 0. The minimum absolute atomic E-state index is 0.00294. The van der Waals surface area contributed by atoms with Gasteiger partial charge in [-0.1, -0.05) is 40.0 Å². The Hall–Kier alpha value is -0.530. The molecule has 0 aromatic carbocycles. The van der Waals surface area contributed by atoms with Gasteiger partial charge in [0.05, 0.1) is 6.61 Å². The normalized spacial score (nSPS) is 18.9. The lowest BCUT2D eigenvalue weighted by molar-refractivity contribution is -0.147. The summed E-state index contributed by atoms with van der Waals surface area (Å²) in [6.07, 6.45) is 6.98. The van der Waals surface area contributed by atoms with Crippen molar-refractivity contribution in [3.63, 3.8) is 0 Å². The van der Waals surface area contributed by atoms with Gasteiger partial charge < -0.3 is 4.74 Å². The van der Waals surface area contributed by atoms with E-state index in [0.717, 1.165) is 0 Å². The van der Waals surface area contributed by atoms with Gasteiger partial charge in [-0.15, -0.1) is 0 Å². The van der Waals surface area contributed by atoms with Crippen LogP contribution in [0.1, 0.15) is 59.3 Å². The van der Waals surface area contributed by atoms with Gasteiger partial charge in [0.25, 0.3) is 0 Å². The van der Waals surface area contributed by atoms with Gasteiger partial charge in [-0.2, -0.15) is 0 Å². The Morgan fingerprint density at radius 2 is 1.80 bits per heavy atom. The Morgan fingerprint density at radius 3 is 2.33 bits per heavy atom. The second-order valence-electron chi connectivity index (χ2n) is 5.93. The molecule has 0 aromatic rings. The summed E-state index contributed by atoms with van der Waals surface area (Å²) in [6, 6.07) is 0. The number of hydrogen-bond acceptors (Lipinski definition) is 2. The predicted octanol–water partition coefficient (Wildman–Crippen LogP) is 3.55. The quantitative estimate of drug-likeness (QED) is 0.669. The van der Waals surface area contributed by atoms with Crippen molar-refractivity contribution in [3.8, 4) is 0 Å². The number of hydrogen-bond donors (Lipinski definition) is 0. The Balaban J connectivity index is 2.17. The minimum Gasteiger partial charge on any atom is -0.465 e. The van der Waals surface area contributed by atoms with Crippen LogP contribution in [0.5, 0.6) is 0 Å². The fraction of sp³-hybridized carbons (Fsp3) is 0.923. The lowest BCUT2D eigenvalue weighted by atomic mass is 9.87. The van der Waals surface area contributed by atoms with Crippen molar-refractivity contribution < 1.29 is 9.53 Å². The first kappa shape index (κ1) is 12.5. The SMILES string of the molecule is CC(C)(C)COC(=O)CC1CCCCC1. The summed E-state index contributed by atoms with van der Waals surface area (Å²) in [5.41, 5.74) is 0.0855. The van der Waals surface area contributed by atoms with Gasteiger partial charge >= 0.3 is 5.97 Å². The fourth-order valence-electron chi connectivity index (χ4n) is 1.98. The third-order valence-corrected chi connectivity index (χ3v) is 2.85. The second-order valence-corrected chi connectivity index (χ2v) is 5.93. The molecule has 2 heteroatoms. The standard InChI is InChI=1S/C13H24O2/c1-13(2,3)10-15-12(14)9-11-7-5-4-6-8-11/h11H,4-10H2,1-3H3. The van der Waals surface area contributed by atoms with Crippen molar-refractivity contribution in [2.24, 2.45) is 11.3 Å². The molecule has 1 rings (SSSR count). The van der Waals surface area contributed by atoms with E-state index in [9.17, 15) is 4.79 Å². The van der Waals surface area contributed by atoms with E-state index in [0.29, 0.717) is 18.9 Å². The molecule has 0 amide bonds. The topological polar surface area (TPSA) is 26.3 Å². The molecule has 0 aliphatic heterocycles. The molecule has 88 valence electrons. The van der Waals surface area contributed by atoms with Crippen molar-refractivity contribution in [2.75, 3.05) is 6.61 Å². The van der Waals surface area contributed by atoms with E-state index in [1.54, 1.807) is 0 Å². The molecule has 1 aliphatic rings. The maximum atomic E-state index is 11.5. The maximum Gasteiger partial charge on any atom is 0.306 e. The molecule has 0 radical (unpaired) electrons. The Kier molecular flexibility index (Phi) is 4.62. The molecule has 1 fully saturated rings. The van der Waals surface area contributed by atoms with Crippen molar-refractivity contribution in [1.29, 1.82) is 0 Å². The number of esters is 1. The summed E-state index contributed by atoms with van der Waals surface area (Å²) in [7, 11) is 0. The monoisotopic (exact) mass is 212 g/mol. The Bertz CT molecular complexity index is 197. The first-order chi connectivity index (χ1) is 6.97. The van der Waals surface area contributed by atoms with Crippen LogP contribution in [0.4, 0.5) is 0 Å². The molecule has 1 saturated carbocycles. The number of carbonyl (C=O) groups is 1.